The quantitative estimate of drug-likeness (QED) is 0.742. The van der Waals surface area contributed by atoms with Crippen LogP contribution in [0.25, 0.3) is 0 Å². The Morgan fingerprint density at radius 2 is 1.93 bits per heavy atom. The number of aliphatic hydroxyl groups excluding tert-OH is 1. The molecule has 2 heteroatoms. The number of hydrogen-bond acceptors (Lipinski definition) is 2. The summed E-state index contributed by atoms with van der Waals surface area (Å²) in [6, 6.07) is 0.631. The van der Waals surface area contributed by atoms with Crippen LogP contribution in [0, 0.1) is 5.92 Å². The van der Waals surface area contributed by atoms with Gasteiger partial charge in [-0.25, -0.2) is 0 Å². The van der Waals surface area contributed by atoms with Gasteiger partial charge in [-0.2, -0.15) is 0 Å². The summed E-state index contributed by atoms with van der Waals surface area (Å²) < 4.78 is 0. The normalized spacial score (nSPS) is 28.5. The Hall–Kier alpha value is -0.0800. The van der Waals surface area contributed by atoms with Gasteiger partial charge in [0.25, 0.3) is 0 Å². The molecule has 14 heavy (non-hydrogen) atoms. The highest BCUT2D eigenvalue weighted by molar-refractivity contribution is 4.80. The second-order valence-electron chi connectivity index (χ2n) is 4.11. The van der Waals surface area contributed by atoms with Gasteiger partial charge in [0.2, 0.25) is 0 Å². The van der Waals surface area contributed by atoms with E-state index in [-0.39, 0.29) is 6.10 Å². The maximum atomic E-state index is 9.64. The molecule has 1 N–H and O–H groups in total. The highest BCUT2D eigenvalue weighted by Crippen LogP contribution is 2.21. The van der Waals surface area contributed by atoms with Crippen molar-refractivity contribution in [1.82, 2.24) is 4.90 Å². The first-order valence-electron chi connectivity index (χ1n) is 6.07. The third-order valence-electron chi connectivity index (χ3n) is 2.98. The molecule has 0 radical (unpaired) electrons. The number of piperidine rings is 1. The largest absolute Gasteiger partial charge is 0.393 e. The lowest BCUT2D eigenvalue weighted by Crippen LogP contribution is -2.45. The van der Waals surface area contributed by atoms with Crippen molar-refractivity contribution in [1.29, 1.82) is 0 Å². The first-order chi connectivity index (χ1) is 6.65. The zero-order chi connectivity index (χ0) is 11.1. The van der Waals surface area contributed by atoms with Crippen molar-refractivity contribution < 1.29 is 5.11 Å². The van der Waals surface area contributed by atoms with E-state index in [0.29, 0.717) is 12.0 Å². The van der Waals surface area contributed by atoms with Gasteiger partial charge in [0.05, 0.1) is 6.10 Å². The van der Waals surface area contributed by atoms with Gasteiger partial charge < -0.3 is 10.0 Å². The summed E-state index contributed by atoms with van der Waals surface area (Å²) in [5.41, 5.74) is 0. The monoisotopic (exact) mass is 201 g/mol. The highest BCUT2D eigenvalue weighted by atomic mass is 16.3. The van der Waals surface area contributed by atoms with Crippen LogP contribution in [0.15, 0.2) is 0 Å². The molecule has 2 nitrogen and oxygen atoms in total. The minimum absolute atomic E-state index is 0.0509. The molecule has 1 aliphatic heterocycles. The van der Waals surface area contributed by atoms with E-state index in [9.17, 15) is 5.11 Å². The Morgan fingerprint density at radius 3 is 2.36 bits per heavy atom. The molecular weight excluding hydrogens is 174 g/mol. The van der Waals surface area contributed by atoms with Gasteiger partial charge >= 0.3 is 0 Å². The lowest BCUT2D eigenvalue weighted by molar-refractivity contribution is 0.0140. The minimum Gasteiger partial charge on any atom is -0.393 e. The van der Waals surface area contributed by atoms with Crippen LogP contribution >= 0.6 is 0 Å². The molecule has 0 saturated carbocycles. The van der Waals surface area contributed by atoms with Crippen LogP contribution in [0.2, 0.25) is 0 Å². The van der Waals surface area contributed by atoms with Crippen LogP contribution in [0.5, 0.6) is 0 Å². The van der Waals surface area contributed by atoms with Gasteiger partial charge in [-0.1, -0.05) is 20.8 Å². The molecule has 0 aromatic heterocycles. The fourth-order valence-corrected chi connectivity index (χ4v) is 1.92. The predicted octanol–water partition coefficient (Wildman–Crippen LogP) is 2.51. The van der Waals surface area contributed by atoms with E-state index in [1.165, 1.54) is 0 Å². The van der Waals surface area contributed by atoms with Gasteiger partial charge in [0.15, 0.2) is 0 Å². The van der Waals surface area contributed by atoms with E-state index in [2.05, 4.69) is 25.7 Å². The molecule has 0 spiro atoms. The molecule has 0 aromatic carbocycles. The number of rotatable bonds is 2. The van der Waals surface area contributed by atoms with Gasteiger partial charge in [-0.05, 0) is 32.6 Å². The number of likely N-dealkylation sites (tertiary alicyclic amines) is 1. The smallest absolute Gasteiger partial charge is 0.0592 e. The molecule has 0 amide bonds. The Balaban J connectivity index is 0.000000791. The molecule has 0 bridgehead atoms. The zero-order valence-electron chi connectivity index (χ0n) is 10.5. The van der Waals surface area contributed by atoms with Crippen molar-refractivity contribution >= 4 is 0 Å². The van der Waals surface area contributed by atoms with E-state index in [0.717, 1.165) is 25.9 Å². The molecule has 1 heterocycles. The second-order valence-corrected chi connectivity index (χ2v) is 4.11. The summed E-state index contributed by atoms with van der Waals surface area (Å²) in [5.74, 6) is 0.501. The van der Waals surface area contributed by atoms with Gasteiger partial charge in [0, 0.05) is 19.1 Å². The average molecular weight is 201 g/mol. The molecule has 0 aromatic rings. The zero-order valence-corrected chi connectivity index (χ0v) is 10.5. The van der Waals surface area contributed by atoms with Gasteiger partial charge in [-0.15, -0.1) is 0 Å². The van der Waals surface area contributed by atoms with Crippen molar-refractivity contribution in [3.05, 3.63) is 0 Å². The fraction of sp³-hybridized carbons (Fsp3) is 1.00. The number of aliphatic hydroxyl groups is 1. The predicted molar refractivity (Wildman–Crippen MR) is 62.5 cm³/mol. The highest BCUT2D eigenvalue weighted by Gasteiger charge is 2.27. The lowest BCUT2D eigenvalue weighted by Gasteiger charge is -2.38. The SMILES string of the molecule is CC.CCC1CN(C(C)C)CCC1O. The van der Waals surface area contributed by atoms with Crippen molar-refractivity contribution in [2.75, 3.05) is 13.1 Å². The van der Waals surface area contributed by atoms with Crippen LogP contribution in [0.1, 0.15) is 47.5 Å². The Bertz CT molecular complexity index is 136. The van der Waals surface area contributed by atoms with Gasteiger partial charge in [0.1, 0.15) is 0 Å². The van der Waals surface area contributed by atoms with Crippen LogP contribution in [0.4, 0.5) is 0 Å². The minimum atomic E-state index is -0.0509. The maximum absolute atomic E-state index is 9.64. The topological polar surface area (TPSA) is 23.5 Å². The number of hydrogen-bond donors (Lipinski definition) is 1. The number of nitrogens with zero attached hydrogens (tertiary/aromatic N) is 1. The molecule has 1 rings (SSSR count). The third kappa shape index (κ3) is 3.97. The van der Waals surface area contributed by atoms with Gasteiger partial charge in [-0.3, -0.25) is 0 Å². The summed E-state index contributed by atoms with van der Waals surface area (Å²) in [6.07, 6.45) is 2.01. The molecule has 2 atom stereocenters. The van der Waals surface area contributed by atoms with Crippen LogP contribution in [-0.2, 0) is 0 Å². The van der Waals surface area contributed by atoms with E-state index in [4.69, 9.17) is 0 Å². The van der Waals surface area contributed by atoms with Crippen LogP contribution in [-0.4, -0.2) is 35.2 Å². The second kappa shape index (κ2) is 7.24. The van der Waals surface area contributed by atoms with Crippen molar-refractivity contribution in [3.8, 4) is 0 Å². The molecule has 86 valence electrons. The summed E-state index contributed by atoms with van der Waals surface area (Å²) >= 11 is 0. The molecular formula is C12H27NO. The Labute approximate surface area is 89.3 Å². The summed E-state index contributed by atoms with van der Waals surface area (Å²) in [5, 5.41) is 9.64. The summed E-state index contributed by atoms with van der Waals surface area (Å²) in [6.45, 7) is 12.8. The Morgan fingerprint density at radius 1 is 1.36 bits per heavy atom. The Kier molecular flexibility index (Phi) is 7.20. The van der Waals surface area contributed by atoms with Crippen LogP contribution < -0.4 is 0 Å². The van der Waals surface area contributed by atoms with Crippen molar-refractivity contribution in [3.63, 3.8) is 0 Å². The molecule has 1 fully saturated rings. The first-order valence-corrected chi connectivity index (χ1v) is 6.07. The van der Waals surface area contributed by atoms with Crippen molar-refractivity contribution in [2.24, 2.45) is 5.92 Å². The average Bonchev–Trinajstić information content (AvgIpc) is 2.21. The third-order valence-corrected chi connectivity index (χ3v) is 2.98. The van der Waals surface area contributed by atoms with E-state index >= 15 is 0 Å². The first kappa shape index (κ1) is 13.9. The molecule has 1 aliphatic rings. The van der Waals surface area contributed by atoms with E-state index in [1.54, 1.807) is 0 Å². The fourth-order valence-electron chi connectivity index (χ4n) is 1.92. The summed E-state index contributed by atoms with van der Waals surface area (Å²) in [4.78, 5) is 2.46. The summed E-state index contributed by atoms with van der Waals surface area (Å²) in [7, 11) is 0. The standard InChI is InChI=1S/C10H21NO.C2H6/c1-4-9-7-11(8(2)3)6-5-10(9)12;1-2/h8-10,12H,4-7H2,1-3H3;1-2H3. The van der Waals surface area contributed by atoms with E-state index in [1.807, 2.05) is 13.8 Å². The molecule has 1 saturated heterocycles. The van der Waals surface area contributed by atoms with E-state index < -0.39 is 0 Å². The van der Waals surface area contributed by atoms with Crippen LogP contribution in [0.3, 0.4) is 0 Å². The lowest BCUT2D eigenvalue weighted by atomic mass is 9.92. The molecule has 2 unspecified atom stereocenters. The van der Waals surface area contributed by atoms with Crippen molar-refractivity contribution in [2.45, 2.75) is 59.6 Å². The molecule has 0 aliphatic carbocycles. The maximum Gasteiger partial charge on any atom is 0.0592 e.